The Hall–Kier alpha value is -2.97. The van der Waals surface area contributed by atoms with Gasteiger partial charge in [0.1, 0.15) is 12.9 Å². The summed E-state index contributed by atoms with van der Waals surface area (Å²) in [7, 11) is 0. The third kappa shape index (κ3) is 3.76. The van der Waals surface area contributed by atoms with Gasteiger partial charge in [0.2, 0.25) is 0 Å². The Morgan fingerprint density at radius 3 is 2.56 bits per heavy atom. The molecular formula is C16H14F3N5O. The number of hydrogen-bond acceptors (Lipinski definition) is 4. The number of rotatable bonds is 4. The molecule has 0 aliphatic carbocycles. The maximum Gasteiger partial charge on any atom is 0.406 e. The van der Waals surface area contributed by atoms with Crippen molar-refractivity contribution in [1.29, 1.82) is 0 Å². The van der Waals surface area contributed by atoms with E-state index < -0.39 is 18.6 Å². The van der Waals surface area contributed by atoms with Crippen LogP contribution >= 0.6 is 0 Å². The third-order valence-electron chi connectivity index (χ3n) is 3.66. The lowest BCUT2D eigenvalue weighted by atomic mass is 10.1. The van der Waals surface area contributed by atoms with Crippen molar-refractivity contribution in [3.63, 3.8) is 0 Å². The SMILES string of the molecule is CCN(CC(F)(F)F)C(=O)c1ccc(-c2cnc3nncn3c2)cc1. The highest BCUT2D eigenvalue weighted by atomic mass is 19.4. The third-order valence-corrected chi connectivity index (χ3v) is 3.66. The predicted molar refractivity (Wildman–Crippen MR) is 83.9 cm³/mol. The van der Waals surface area contributed by atoms with Gasteiger partial charge in [0, 0.05) is 30.1 Å². The molecule has 9 heteroatoms. The minimum absolute atomic E-state index is 0.0195. The van der Waals surface area contributed by atoms with Crippen LogP contribution in [0.1, 0.15) is 17.3 Å². The number of amides is 1. The first-order valence-electron chi connectivity index (χ1n) is 7.49. The van der Waals surface area contributed by atoms with Crippen molar-refractivity contribution in [3.8, 4) is 11.1 Å². The summed E-state index contributed by atoms with van der Waals surface area (Å²) in [4.78, 5) is 17.1. The van der Waals surface area contributed by atoms with Gasteiger partial charge >= 0.3 is 6.18 Å². The van der Waals surface area contributed by atoms with Gasteiger partial charge in [-0.15, -0.1) is 10.2 Å². The normalized spacial score (nSPS) is 11.7. The van der Waals surface area contributed by atoms with E-state index in [1.807, 2.05) is 0 Å². The zero-order chi connectivity index (χ0) is 18.0. The highest BCUT2D eigenvalue weighted by Gasteiger charge is 2.32. The van der Waals surface area contributed by atoms with Crippen LogP contribution in [0.3, 0.4) is 0 Å². The highest BCUT2D eigenvalue weighted by molar-refractivity contribution is 5.94. The van der Waals surface area contributed by atoms with E-state index in [0.717, 1.165) is 16.0 Å². The molecule has 0 aliphatic rings. The van der Waals surface area contributed by atoms with Crippen LogP contribution in [0.15, 0.2) is 43.0 Å². The Labute approximate surface area is 140 Å². The van der Waals surface area contributed by atoms with Crippen molar-refractivity contribution in [2.75, 3.05) is 13.1 Å². The number of benzene rings is 1. The lowest BCUT2D eigenvalue weighted by molar-refractivity contribution is -0.140. The van der Waals surface area contributed by atoms with E-state index in [1.54, 1.807) is 28.9 Å². The van der Waals surface area contributed by atoms with Crippen LogP contribution in [0.5, 0.6) is 0 Å². The molecule has 0 aliphatic heterocycles. The van der Waals surface area contributed by atoms with Gasteiger partial charge in [-0.2, -0.15) is 13.2 Å². The molecule has 3 rings (SSSR count). The molecule has 25 heavy (non-hydrogen) atoms. The highest BCUT2D eigenvalue weighted by Crippen LogP contribution is 2.21. The average Bonchev–Trinajstić information content (AvgIpc) is 3.06. The minimum Gasteiger partial charge on any atom is -0.330 e. The second kappa shape index (κ2) is 6.50. The molecule has 130 valence electrons. The van der Waals surface area contributed by atoms with Crippen LogP contribution in [0, 0.1) is 0 Å². The van der Waals surface area contributed by atoms with E-state index >= 15 is 0 Å². The number of alkyl halides is 3. The Morgan fingerprint density at radius 2 is 1.92 bits per heavy atom. The van der Waals surface area contributed by atoms with Gasteiger partial charge in [0.15, 0.2) is 0 Å². The fourth-order valence-corrected chi connectivity index (χ4v) is 2.41. The lowest BCUT2D eigenvalue weighted by Crippen LogP contribution is -2.38. The maximum absolute atomic E-state index is 12.5. The van der Waals surface area contributed by atoms with Crippen molar-refractivity contribution < 1.29 is 18.0 Å². The van der Waals surface area contributed by atoms with Crippen LogP contribution < -0.4 is 0 Å². The van der Waals surface area contributed by atoms with Gasteiger partial charge in [-0.3, -0.25) is 9.20 Å². The molecule has 0 radical (unpaired) electrons. The summed E-state index contributed by atoms with van der Waals surface area (Å²) in [5.41, 5.74) is 1.75. The van der Waals surface area contributed by atoms with E-state index in [9.17, 15) is 18.0 Å². The molecule has 1 amide bonds. The van der Waals surface area contributed by atoms with Gasteiger partial charge in [0.25, 0.3) is 11.7 Å². The molecule has 2 heterocycles. The first-order chi connectivity index (χ1) is 11.9. The Morgan fingerprint density at radius 1 is 1.20 bits per heavy atom. The van der Waals surface area contributed by atoms with E-state index in [4.69, 9.17) is 0 Å². The fraction of sp³-hybridized carbons (Fsp3) is 0.250. The van der Waals surface area contributed by atoms with E-state index in [1.165, 1.54) is 25.4 Å². The first kappa shape index (κ1) is 16.9. The molecule has 6 nitrogen and oxygen atoms in total. The quantitative estimate of drug-likeness (QED) is 0.727. The van der Waals surface area contributed by atoms with Crippen LogP contribution in [0.4, 0.5) is 13.2 Å². The number of hydrogen-bond donors (Lipinski definition) is 0. The number of carbonyl (C=O) groups is 1. The monoisotopic (exact) mass is 349 g/mol. The Kier molecular flexibility index (Phi) is 4.39. The topological polar surface area (TPSA) is 63.4 Å². The molecule has 3 aromatic rings. The summed E-state index contributed by atoms with van der Waals surface area (Å²) in [6, 6.07) is 6.35. The Bertz CT molecular complexity index is 889. The second-order valence-electron chi connectivity index (χ2n) is 5.39. The summed E-state index contributed by atoms with van der Waals surface area (Å²) in [5.74, 6) is -0.194. The predicted octanol–water partition coefficient (Wildman–Crippen LogP) is 2.82. The molecular weight excluding hydrogens is 335 g/mol. The smallest absolute Gasteiger partial charge is 0.330 e. The summed E-state index contributed by atoms with van der Waals surface area (Å²) in [5, 5.41) is 7.55. The molecule has 0 atom stereocenters. The summed E-state index contributed by atoms with van der Waals surface area (Å²) in [6.07, 6.45) is 0.482. The summed E-state index contributed by atoms with van der Waals surface area (Å²) in [6.45, 7) is 0.227. The van der Waals surface area contributed by atoms with Gasteiger partial charge in [-0.05, 0) is 24.6 Å². The molecule has 0 unspecified atom stereocenters. The van der Waals surface area contributed by atoms with Crippen molar-refractivity contribution in [3.05, 3.63) is 48.5 Å². The standard InChI is InChI=1S/C16H14F3N5O/c1-2-23(9-16(17,18)19)14(25)12-5-3-11(4-6-12)13-7-20-15-22-21-10-24(15)8-13/h3-8,10H,2,9H2,1H3. The molecule has 0 saturated carbocycles. The second-order valence-corrected chi connectivity index (χ2v) is 5.39. The van der Waals surface area contributed by atoms with Crippen molar-refractivity contribution in [1.82, 2.24) is 24.5 Å². The largest absolute Gasteiger partial charge is 0.406 e. The van der Waals surface area contributed by atoms with Gasteiger partial charge in [-0.25, -0.2) is 4.98 Å². The zero-order valence-electron chi connectivity index (χ0n) is 13.2. The molecule has 0 bridgehead atoms. The molecule has 2 aromatic heterocycles. The Balaban J connectivity index is 1.82. The number of carbonyl (C=O) groups excluding carboxylic acids is 1. The van der Waals surface area contributed by atoms with E-state index in [2.05, 4.69) is 15.2 Å². The van der Waals surface area contributed by atoms with Crippen LogP contribution in [-0.2, 0) is 0 Å². The number of aromatic nitrogens is 4. The van der Waals surface area contributed by atoms with Crippen LogP contribution in [-0.4, -0.2) is 49.7 Å². The minimum atomic E-state index is -4.43. The van der Waals surface area contributed by atoms with Gasteiger partial charge in [0.05, 0.1) is 0 Å². The van der Waals surface area contributed by atoms with Gasteiger partial charge in [-0.1, -0.05) is 12.1 Å². The van der Waals surface area contributed by atoms with Crippen LogP contribution in [0.2, 0.25) is 0 Å². The van der Waals surface area contributed by atoms with E-state index in [0.29, 0.717) is 5.78 Å². The summed E-state index contributed by atoms with van der Waals surface area (Å²) < 4.78 is 39.3. The number of fused-ring (bicyclic) bond motifs is 1. The van der Waals surface area contributed by atoms with Crippen LogP contribution in [0.25, 0.3) is 16.9 Å². The lowest BCUT2D eigenvalue weighted by Gasteiger charge is -2.22. The number of nitrogens with zero attached hydrogens (tertiary/aromatic N) is 5. The summed E-state index contributed by atoms with van der Waals surface area (Å²) >= 11 is 0. The molecule has 0 spiro atoms. The zero-order valence-corrected chi connectivity index (χ0v) is 13.2. The van der Waals surface area contributed by atoms with E-state index in [-0.39, 0.29) is 12.1 Å². The average molecular weight is 349 g/mol. The first-order valence-corrected chi connectivity index (χ1v) is 7.49. The number of halogens is 3. The molecule has 0 saturated heterocycles. The fourth-order valence-electron chi connectivity index (χ4n) is 2.41. The maximum atomic E-state index is 12.5. The molecule has 1 aromatic carbocycles. The van der Waals surface area contributed by atoms with Crippen molar-refractivity contribution >= 4 is 11.7 Å². The molecule has 0 fully saturated rings. The van der Waals surface area contributed by atoms with Crippen molar-refractivity contribution in [2.45, 2.75) is 13.1 Å². The van der Waals surface area contributed by atoms with Crippen molar-refractivity contribution in [2.24, 2.45) is 0 Å². The molecule has 0 N–H and O–H groups in total. The van der Waals surface area contributed by atoms with Gasteiger partial charge < -0.3 is 4.90 Å².